The number of aryl methyl sites for hydroxylation is 1. The van der Waals surface area contributed by atoms with E-state index >= 15 is 0 Å². The Labute approximate surface area is 155 Å². The van der Waals surface area contributed by atoms with Crippen molar-refractivity contribution in [3.05, 3.63) is 21.4 Å². The van der Waals surface area contributed by atoms with Crippen LogP contribution in [0.5, 0.6) is 0 Å². The summed E-state index contributed by atoms with van der Waals surface area (Å²) in [5, 5.41) is 12.5. The molecule has 0 radical (unpaired) electrons. The zero-order valence-electron chi connectivity index (χ0n) is 14.0. The van der Waals surface area contributed by atoms with Crippen LogP contribution in [0.25, 0.3) is 0 Å². The van der Waals surface area contributed by atoms with E-state index in [0.717, 1.165) is 0 Å². The quantitative estimate of drug-likeness (QED) is 0.642. The Balaban J connectivity index is 2.07. The number of methoxy groups -OCH3 is 1. The second kappa shape index (κ2) is 8.75. The molecule has 0 aromatic carbocycles. The molecule has 1 saturated heterocycles. The Morgan fingerprint density at radius 3 is 2.64 bits per heavy atom. The number of ether oxygens (including phenoxy) is 2. The van der Waals surface area contributed by atoms with Crippen molar-refractivity contribution >= 4 is 35.2 Å². The molecule has 1 aromatic rings. The number of piperidine rings is 1. The predicted octanol–water partition coefficient (Wildman–Crippen LogP) is 2.14. The van der Waals surface area contributed by atoms with Crippen LogP contribution in [0.3, 0.4) is 0 Å². The van der Waals surface area contributed by atoms with Gasteiger partial charge in [-0.3, -0.25) is 4.79 Å². The molecule has 0 saturated carbocycles. The van der Waals surface area contributed by atoms with Crippen LogP contribution >= 0.6 is 23.2 Å². The zero-order valence-corrected chi connectivity index (χ0v) is 15.5. The maximum atomic E-state index is 12.5. The molecule has 0 spiro atoms. The number of H-pyrrole nitrogens is 1. The van der Waals surface area contributed by atoms with Gasteiger partial charge in [0, 0.05) is 19.3 Å². The van der Waals surface area contributed by atoms with Gasteiger partial charge >= 0.3 is 6.09 Å². The summed E-state index contributed by atoms with van der Waals surface area (Å²) in [6.07, 6.45) is -1.06. The number of nitrogens with one attached hydrogen (secondary N) is 2. The maximum Gasteiger partial charge on any atom is 0.407 e. The minimum absolute atomic E-state index is 0.163. The second-order valence-electron chi connectivity index (χ2n) is 5.75. The zero-order chi connectivity index (χ0) is 18.6. The lowest BCUT2D eigenvalue weighted by Gasteiger charge is -2.37. The van der Waals surface area contributed by atoms with E-state index in [1.54, 1.807) is 14.0 Å². The molecule has 1 aliphatic heterocycles. The Kier molecular flexibility index (Phi) is 6.95. The van der Waals surface area contributed by atoms with Crippen LogP contribution in [0.4, 0.5) is 4.79 Å². The summed E-state index contributed by atoms with van der Waals surface area (Å²) >= 11 is 12.1. The van der Waals surface area contributed by atoms with Crippen molar-refractivity contribution in [2.45, 2.75) is 25.5 Å². The van der Waals surface area contributed by atoms with Gasteiger partial charge in [0.1, 0.15) is 5.69 Å². The lowest BCUT2D eigenvalue weighted by atomic mass is 10.0. The number of aromatic amines is 1. The Morgan fingerprint density at radius 2 is 2.08 bits per heavy atom. The molecule has 2 rings (SSSR count). The van der Waals surface area contributed by atoms with Crippen molar-refractivity contribution in [3.63, 3.8) is 0 Å². The summed E-state index contributed by atoms with van der Waals surface area (Å²) in [6.45, 7) is 2.87. The SMILES string of the molecule is COCCOC1CN(C(=O)O)CCC1NC(=O)c1[nH]c(C)c(Cl)c1Cl. The highest BCUT2D eigenvalue weighted by atomic mass is 35.5. The highest BCUT2D eigenvalue weighted by Gasteiger charge is 2.34. The number of hydrogen-bond donors (Lipinski definition) is 3. The van der Waals surface area contributed by atoms with Gasteiger partial charge < -0.3 is 29.8 Å². The number of halogens is 2. The summed E-state index contributed by atoms with van der Waals surface area (Å²) in [5.74, 6) is -0.408. The van der Waals surface area contributed by atoms with Crippen molar-refractivity contribution in [3.8, 4) is 0 Å². The molecule has 8 nitrogen and oxygen atoms in total. The standard InChI is InChI=1S/C15H21Cl2N3O5/c1-8-11(16)12(17)13(18-8)14(21)19-9-3-4-20(15(22)23)7-10(9)25-6-5-24-2/h9-10,18H,3-7H2,1-2H3,(H,19,21)(H,22,23). The van der Waals surface area contributed by atoms with Crippen LogP contribution in [0.2, 0.25) is 10.0 Å². The second-order valence-corrected chi connectivity index (χ2v) is 6.51. The van der Waals surface area contributed by atoms with E-state index in [9.17, 15) is 9.59 Å². The van der Waals surface area contributed by atoms with Crippen LogP contribution in [-0.4, -0.2) is 72.5 Å². The first-order valence-electron chi connectivity index (χ1n) is 7.78. The highest BCUT2D eigenvalue weighted by Crippen LogP contribution is 2.29. The third-order valence-corrected chi connectivity index (χ3v) is 4.99. The van der Waals surface area contributed by atoms with Crippen LogP contribution in [0.1, 0.15) is 22.6 Å². The lowest BCUT2D eigenvalue weighted by Crippen LogP contribution is -2.56. The van der Waals surface area contributed by atoms with Gasteiger partial charge in [0.2, 0.25) is 0 Å². The number of hydrogen-bond acceptors (Lipinski definition) is 4. The highest BCUT2D eigenvalue weighted by molar-refractivity contribution is 6.44. The molecule has 1 aliphatic rings. The molecule has 0 bridgehead atoms. The summed E-state index contributed by atoms with van der Waals surface area (Å²) < 4.78 is 10.6. The number of likely N-dealkylation sites (tertiary alicyclic amines) is 1. The van der Waals surface area contributed by atoms with E-state index < -0.39 is 18.1 Å². The average molecular weight is 394 g/mol. The average Bonchev–Trinajstić information content (AvgIpc) is 2.83. The lowest BCUT2D eigenvalue weighted by molar-refractivity contribution is -0.0331. The molecule has 2 heterocycles. The summed E-state index contributed by atoms with van der Waals surface area (Å²) in [7, 11) is 1.55. The van der Waals surface area contributed by atoms with Gasteiger partial charge in [0.25, 0.3) is 5.91 Å². The maximum absolute atomic E-state index is 12.5. The molecule has 2 atom stereocenters. The van der Waals surface area contributed by atoms with Crippen LogP contribution < -0.4 is 5.32 Å². The van der Waals surface area contributed by atoms with E-state index in [-0.39, 0.29) is 23.3 Å². The topological polar surface area (TPSA) is 104 Å². The van der Waals surface area contributed by atoms with Crippen molar-refractivity contribution in [1.82, 2.24) is 15.2 Å². The Hall–Kier alpha value is -1.48. The van der Waals surface area contributed by atoms with Crippen molar-refractivity contribution < 1.29 is 24.2 Å². The van der Waals surface area contributed by atoms with E-state index in [0.29, 0.717) is 36.9 Å². The van der Waals surface area contributed by atoms with Crippen LogP contribution in [-0.2, 0) is 9.47 Å². The summed E-state index contributed by atoms with van der Waals surface area (Å²) in [5.41, 5.74) is 0.783. The first-order valence-corrected chi connectivity index (χ1v) is 8.53. The van der Waals surface area contributed by atoms with E-state index in [4.69, 9.17) is 37.8 Å². The number of carbonyl (C=O) groups is 2. The van der Waals surface area contributed by atoms with E-state index in [2.05, 4.69) is 10.3 Å². The monoisotopic (exact) mass is 393 g/mol. The number of aromatic nitrogens is 1. The minimum Gasteiger partial charge on any atom is -0.465 e. The van der Waals surface area contributed by atoms with Crippen molar-refractivity contribution in [1.29, 1.82) is 0 Å². The van der Waals surface area contributed by atoms with Crippen molar-refractivity contribution in [2.24, 2.45) is 0 Å². The normalized spacial score (nSPS) is 20.6. The molecule has 2 amide bonds. The number of nitrogens with zero attached hydrogens (tertiary/aromatic N) is 1. The fraction of sp³-hybridized carbons (Fsp3) is 0.600. The third-order valence-electron chi connectivity index (χ3n) is 4.05. The third kappa shape index (κ3) is 4.78. The van der Waals surface area contributed by atoms with E-state index in [1.165, 1.54) is 4.90 Å². The van der Waals surface area contributed by atoms with Crippen molar-refractivity contribution in [2.75, 3.05) is 33.4 Å². The number of amides is 2. The van der Waals surface area contributed by atoms with Gasteiger partial charge in [-0.15, -0.1) is 0 Å². The fourth-order valence-corrected chi connectivity index (χ4v) is 3.09. The number of carboxylic acid groups (broad SMARTS) is 1. The molecular weight excluding hydrogens is 373 g/mol. The van der Waals surface area contributed by atoms with Gasteiger partial charge in [0.15, 0.2) is 0 Å². The molecule has 25 heavy (non-hydrogen) atoms. The van der Waals surface area contributed by atoms with Gasteiger partial charge in [-0.05, 0) is 13.3 Å². The molecule has 140 valence electrons. The van der Waals surface area contributed by atoms with Gasteiger partial charge in [-0.25, -0.2) is 4.79 Å². The molecule has 2 unspecified atom stereocenters. The van der Waals surface area contributed by atoms with Crippen LogP contribution in [0, 0.1) is 6.92 Å². The molecule has 0 aliphatic carbocycles. The molecule has 10 heteroatoms. The summed E-state index contributed by atoms with van der Waals surface area (Å²) in [6, 6.07) is -0.349. The smallest absolute Gasteiger partial charge is 0.407 e. The van der Waals surface area contributed by atoms with E-state index in [1.807, 2.05) is 0 Å². The largest absolute Gasteiger partial charge is 0.465 e. The Bertz CT molecular complexity index is 637. The van der Waals surface area contributed by atoms with Crippen LogP contribution in [0.15, 0.2) is 0 Å². The fourth-order valence-electron chi connectivity index (χ4n) is 2.68. The molecule has 1 fully saturated rings. The minimum atomic E-state index is -1.01. The molecule has 3 N–H and O–H groups in total. The summed E-state index contributed by atoms with van der Waals surface area (Å²) in [4.78, 5) is 27.8. The number of rotatable bonds is 6. The van der Waals surface area contributed by atoms with Gasteiger partial charge in [0.05, 0.1) is 41.9 Å². The Morgan fingerprint density at radius 1 is 1.36 bits per heavy atom. The predicted molar refractivity (Wildman–Crippen MR) is 92.6 cm³/mol. The first-order chi connectivity index (χ1) is 11.8. The van der Waals surface area contributed by atoms with Gasteiger partial charge in [-0.2, -0.15) is 0 Å². The number of carbonyl (C=O) groups excluding carboxylic acids is 1. The van der Waals surface area contributed by atoms with Gasteiger partial charge in [-0.1, -0.05) is 23.2 Å². The molecule has 1 aromatic heterocycles. The first kappa shape index (κ1) is 19.8. The molecular formula is C15H21Cl2N3O5.